The van der Waals surface area contributed by atoms with Crippen LogP contribution in [0.1, 0.15) is 105 Å². The summed E-state index contributed by atoms with van der Waals surface area (Å²) in [4.78, 5) is 120. The van der Waals surface area contributed by atoms with Crippen molar-refractivity contribution in [3.05, 3.63) is 117 Å². The highest BCUT2D eigenvalue weighted by Gasteiger charge is 2.49. The van der Waals surface area contributed by atoms with E-state index in [4.69, 9.17) is 63.1 Å². The fourth-order valence-corrected chi connectivity index (χ4v) is 13.1. The molecule has 0 saturated carbocycles. The first-order valence-corrected chi connectivity index (χ1v) is 32.7. The molecule has 2 fully saturated rings. The summed E-state index contributed by atoms with van der Waals surface area (Å²) < 4.78 is 38.0. The van der Waals surface area contributed by atoms with E-state index in [-0.39, 0.29) is 52.0 Å². The molecule has 7 aliphatic rings. The van der Waals surface area contributed by atoms with Gasteiger partial charge in [-0.25, -0.2) is 4.79 Å². The van der Waals surface area contributed by atoms with Crippen molar-refractivity contribution in [1.29, 1.82) is 0 Å². The van der Waals surface area contributed by atoms with Crippen molar-refractivity contribution in [2.45, 2.75) is 156 Å². The minimum atomic E-state index is -2.35. The second kappa shape index (κ2) is 30.4. The van der Waals surface area contributed by atoms with E-state index in [1.165, 1.54) is 38.1 Å². The number of aromatic hydroxyl groups is 3. The Morgan fingerprint density at radius 3 is 1.92 bits per heavy atom. The van der Waals surface area contributed by atoms with Gasteiger partial charge in [-0.3, -0.25) is 38.5 Å². The molecule has 12 rings (SSSR count). The number of nitrogens with zero attached hydrogens (tertiary/aromatic N) is 1. The molecule has 0 aromatic heterocycles. The fourth-order valence-electron chi connectivity index (χ4n) is 12.7. The quantitative estimate of drug-likeness (QED) is 0.0761. The van der Waals surface area contributed by atoms with Crippen molar-refractivity contribution in [3.63, 3.8) is 0 Å². The predicted octanol–water partition coefficient (Wildman–Crippen LogP) is 0.448. The highest BCUT2D eigenvalue weighted by atomic mass is 35.5. The van der Waals surface area contributed by atoms with E-state index in [1.54, 1.807) is 19.0 Å². The minimum Gasteiger partial charge on any atom is -0.508 e. The number of aliphatic hydroxyl groups is 6. The number of nitrogens with two attached hydrogens (primary N) is 2. The zero-order chi connectivity index (χ0) is 74.4. The lowest BCUT2D eigenvalue weighted by Crippen LogP contribution is -2.61. The summed E-state index contributed by atoms with van der Waals surface area (Å²) in [6.07, 6.45) is -19.0. The number of carboxylic acid groups (broad SMARTS) is 1. The summed E-state index contributed by atoms with van der Waals surface area (Å²) in [5.74, 6) is -15.9. The van der Waals surface area contributed by atoms with Crippen LogP contribution in [0.25, 0.3) is 11.1 Å². The number of fused-ring (bicyclic) bond motifs is 15. The Morgan fingerprint density at radius 2 is 1.32 bits per heavy atom. The van der Waals surface area contributed by atoms with E-state index in [2.05, 4.69) is 31.9 Å². The maximum atomic E-state index is 16.1. The Hall–Kier alpha value is -9.20. The van der Waals surface area contributed by atoms with E-state index < -0.39 is 231 Å². The van der Waals surface area contributed by atoms with Crippen LogP contribution in [-0.4, -0.2) is 203 Å². The van der Waals surface area contributed by atoms with Crippen LogP contribution in [-0.2, 0) is 52.6 Å². The summed E-state index contributed by atoms with van der Waals surface area (Å²) >= 11 is 14.2. The molecule has 0 aliphatic carbocycles. The molecule has 548 valence electrons. The van der Waals surface area contributed by atoms with Gasteiger partial charge in [-0.1, -0.05) is 55.2 Å². The summed E-state index contributed by atoms with van der Waals surface area (Å²) in [6, 6.07) is -0.295. The van der Waals surface area contributed by atoms with Crippen LogP contribution in [0.5, 0.6) is 46.0 Å². The van der Waals surface area contributed by atoms with Crippen molar-refractivity contribution >= 4 is 70.5 Å². The molecule has 33 nitrogen and oxygen atoms in total. The number of likely N-dealkylation sites (N-methyl/N-ethyl adjacent to an activating group) is 1. The molecule has 7 heterocycles. The largest absolute Gasteiger partial charge is 0.508 e. The van der Waals surface area contributed by atoms with Gasteiger partial charge in [-0.15, -0.1) is 0 Å². The van der Waals surface area contributed by atoms with Crippen LogP contribution in [0.15, 0.2) is 78.9 Å². The molecule has 20 N–H and O–H groups in total. The Balaban J connectivity index is 1.26. The number of amides is 7. The lowest BCUT2D eigenvalue weighted by atomic mass is 9.86. The van der Waals surface area contributed by atoms with E-state index in [0.29, 0.717) is 0 Å². The SMILES string of the molecule is CC(C)CC(C(=O)NC1C(=O)NC(CC(N)=O)C(=O)NC2C(=O)NC3C(=O)NC(C(=O)NC(C(=O)O)c4cc(O)cc(O)c4-c4cc3ccc4O)C(OC3CC(C)(N)C(O)C(C)O3)c3ccc(c(Cl)c3)Oc3cc2cc(c3OC2OC(CO)C(O)C(O)C2O)Oc2ccc(cc2Cl)C1O)N(C)C. The molecule has 2 saturated heterocycles. The van der Waals surface area contributed by atoms with Gasteiger partial charge in [0.15, 0.2) is 23.8 Å². The number of hydrogen-bond acceptors (Lipinski definition) is 25. The maximum absolute atomic E-state index is 16.1. The first-order valence-electron chi connectivity index (χ1n) is 32.0. The normalized spacial score (nSPS) is 29.3. The Kier molecular flexibility index (Phi) is 22.5. The van der Waals surface area contributed by atoms with Crippen LogP contribution >= 0.6 is 23.2 Å². The number of carbonyl (C=O) groups excluding carboxylic acids is 7. The third-order valence-electron chi connectivity index (χ3n) is 18.0. The summed E-state index contributed by atoms with van der Waals surface area (Å²) in [5.41, 5.74) is 8.18. The number of benzene rings is 5. The lowest BCUT2D eigenvalue weighted by Gasteiger charge is -2.44. The maximum Gasteiger partial charge on any atom is 0.330 e. The molecule has 0 radical (unpaired) electrons. The predicted molar refractivity (Wildman–Crippen MR) is 354 cm³/mol. The number of phenolic OH excluding ortho intramolecular Hbond substituents is 3. The van der Waals surface area contributed by atoms with E-state index in [1.807, 2.05) is 13.8 Å². The number of halogens is 2. The molecule has 35 heteroatoms. The van der Waals surface area contributed by atoms with Gasteiger partial charge in [0.1, 0.15) is 95.6 Å². The van der Waals surface area contributed by atoms with Gasteiger partial charge in [-0.2, -0.15) is 0 Å². The molecular formula is C67H77Cl2N9O24. The molecule has 5 aromatic carbocycles. The number of carboxylic acids is 1. The third kappa shape index (κ3) is 15.9. The zero-order valence-electron chi connectivity index (χ0n) is 55.3. The molecule has 11 bridgehead atoms. The van der Waals surface area contributed by atoms with Crippen LogP contribution in [0.2, 0.25) is 10.0 Å². The first-order chi connectivity index (χ1) is 48.0. The minimum absolute atomic E-state index is 0.0908. The van der Waals surface area contributed by atoms with Crippen LogP contribution < -0.4 is 57.6 Å². The summed E-state index contributed by atoms with van der Waals surface area (Å²) in [6.45, 7) is 5.65. The number of aliphatic hydroxyl groups excluding tert-OH is 6. The second-order valence-electron chi connectivity index (χ2n) is 26.4. The van der Waals surface area contributed by atoms with Gasteiger partial charge in [0, 0.05) is 34.7 Å². The zero-order valence-corrected chi connectivity index (χ0v) is 56.8. The molecule has 5 aromatic rings. The second-order valence-corrected chi connectivity index (χ2v) is 27.2. The Bertz CT molecular complexity index is 4110. The smallest absolute Gasteiger partial charge is 0.330 e. The Labute approximate surface area is 590 Å². The molecule has 18 unspecified atom stereocenters. The average Bonchev–Trinajstić information content (AvgIpc) is 0.764. The highest BCUT2D eigenvalue weighted by molar-refractivity contribution is 6.32. The van der Waals surface area contributed by atoms with Gasteiger partial charge in [0.25, 0.3) is 0 Å². The number of carbonyl (C=O) groups is 8. The van der Waals surface area contributed by atoms with Crippen LogP contribution in [0.4, 0.5) is 0 Å². The molecule has 18 atom stereocenters. The number of hydrogen-bond donors (Lipinski definition) is 18. The van der Waals surface area contributed by atoms with Crippen molar-refractivity contribution in [1.82, 2.24) is 36.8 Å². The van der Waals surface area contributed by atoms with Crippen LogP contribution in [0, 0.1) is 5.92 Å². The molecule has 102 heavy (non-hydrogen) atoms. The lowest BCUT2D eigenvalue weighted by molar-refractivity contribution is -0.277. The fraction of sp³-hybridized carbons (Fsp3) is 0.433. The van der Waals surface area contributed by atoms with Gasteiger partial charge in [0.2, 0.25) is 53.4 Å². The van der Waals surface area contributed by atoms with E-state index in [0.717, 1.165) is 54.6 Å². The molecule has 7 amide bonds. The van der Waals surface area contributed by atoms with Crippen molar-refractivity contribution in [2.24, 2.45) is 17.4 Å². The van der Waals surface area contributed by atoms with Gasteiger partial charge in [-0.05, 0) is 117 Å². The number of primary amides is 1. The monoisotopic (exact) mass is 1460 g/mol. The summed E-state index contributed by atoms with van der Waals surface area (Å²) in [5, 5.41) is 127. The van der Waals surface area contributed by atoms with Crippen molar-refractivity contribution in [2.75, 3.05) is 20.7 Å². The standard InChI is InChI=1S/C67H77Cl2N9O24/c1-24(2)13-36(78(5)6)60(90)76-50-52(84)27-8-11-39(33(68)15-27)98-41-17-29-18-42(57(41)102-66-55(87)54(86)53(85)43(23-79)100-66)99-40-12-9-28(16-34(40)69)56(101-45-22-67(4,71)58(88)25(3)97-45)51-64(94)75-49(65(95)96)32-19-30(80)20-38(82)46(32)31-14-26(7-10-37(31)81)47(61(91)77-51)74-62(92)48(29)73-59(89)35(21-44(70)83)72-63(50)93/h7-12,14-20,24-25,35-36,43,45,47-56,58,66,79-82,84-88H,13,21-23,71H2,1-6H3,(H2,70,83)(H,72,93)(H,73,89)(H,74,92)(H,75,94)(H,76,90)(H,77,91)(H,95,96). The van der Waals surface area contributed by atoms with Crippen molar-refractivity contribution < 1.29 is 118 Å². The van der Waals surface area contributed by atoms with E-state index in [9.17, 15) is 70.2 Å². The molecule has 0 spiro atoms. The number of nitrogens with one attached hydrogen (secondary N) is 6. The summed E-state index contributed by atoms with van der Waals surface area (Å²) in [7, 11) is 3.19. The van der Waals surface area contributed by atoms with Gasteiger partial charge in [0.05, 0.1) is 41.3 Å². The Morgan fingerprint density at radius 1 is 0.716 bits per heavy atom. The van der Waals surface area contributed by atoms with Gasteiger partial charge < -0.3 is 123 Å². The number of ether oxygens (including phenoxy) is 6. The first kappa shape index (κ1) is 75.5. The third-order valence-corrected chi connectivity index (χ3v) is 18.6. The van der Waals surface area contributed by atoms with E-state index >= 15 is 19.2 Å². The van der Waals surface area contributed by atoms with Gasteiger partial charge >= 0.3 is 5.97 Å². The highest BCUT2D eigenvalue weighted by Crippen LogP contribution is 2.50. The number of rotatable bonds is 13. The average molecular weight is 1460 g/mol. The topological polar surface area (TPSA) is 522 Å². The number of phenols is 3. The van der Waals surface area contributed by atoms with Crippen molar-refractivity contribution in [3.8, 4) is 57.1 Å². The van der Waals surface area contributed by atoms with Crippen LogP contribution in [0.3, 0.4) is 0 Å². The molecular weight excluding hydrogens is 1390 g/mol. The number of aliphatic carboxylic acids is 1. The molecule has 7 aliphatic heterocycles.